The molecule has 0 spiro atoms. The van der Waals surface area contributed by atoms with Gasteiger partial charge in [0.25, 0.3) is 5.91 Å². The number of benzene rings is 3. The molecule has 0 aliphatic carbocycles. The van der Waals surface area contributed by atoms with Crippen molar-refractivity contribution < 1.29 is 22.7 Å². The van der Waals surface area contributed by atoms with Crippen LogP contribution in [0.1, 0.15) is 10.4 Å². The fourth-order valence-electron chi connectivity index (χ4n) is 3.86. The summed E-state index contributed by atoms with van der Waals surface area (Å²) in [5.74, 6) is 0.627. The highest BCUT2D eigenvalue weighted by molar-refractivity contribution is 7.89. The maximum absolute atomic E-state index is 13.3. The Kier molecular flexibility index (Phi) is 7.04. The molecule has 1 aliphatic rings. The lowest BCUT2D eigenvalue weighted by molar-refractivity contribution is 0.102. The molecule has 1 saturated heterocycles. The average molecular weight is 482 g/mol. The van der Waals surface area contributed by atoms with Crippen molar-refractivity contribution in [2.24, 2.45) is 0 Å². The molecule has 9 heteroatoms. The lowest BCUT2D eigenvalue weighted by atomic mass is 10.2. The quantitative estimate of drug-likeness (QED) is 0.556. The van der Waals surface area contributed by atoms with Crippen LogP contribution in [0.2, 0.25) is 0 Å². The Hall–Kier alpha value is -3.56. The van der Waals surface area contributed by atoms with E-state index < -0.39 is 15.9 Å². The molecular weight excluding hydrogens is 454 g/mol. The van der Waals surface area contributed by atoms with Gasteiger partial charge in [0.2, 0.25) is 10.0 Å². The molecule has 1 amide bonds. The third kappa shape index (κ3) is 5.16. The molecule has 0 unspecified atom stereocenters. The summed E-state index contributed by atoms with van der Waals surface area (Å²) in [4.78, 5) is 15.1. The molecule has 0 saturated carbocycles. The summed E-state index contributed by atoms with van der Waals surface area (Å²) >= 11 is 0. The van der Waals surface area contributed by atoms with E-state index in [0.29, 0.717) is 43.4 Å². The second kappa shape index (κ2) is 10.1. The number of anilines is 2. The van der Waals surface area contributed by atoms with Crippen LogP contribution in [0.5, 0.6) is 11.5 Å². The Labute approximate surface area is 199 Å². The molecule has 0 aromatic heterocycles. The molecule has 1 N–H and O–H groups in total. The van der Waals surface area contributed by atoms with Gasteiger partial charge in [0.05, 0.1) is 19.1 Å². The Morgan fingerprint density at radius 1 is 0.824 bits per heavy atom. The summed E-state index contributed by atoms with van der Waals surface area (Å²) in [5, 5.41) is 2.78. The number of hydrogen-bond donors (Lipinski definition) is 1. The predicted octanol–water partition coefficient (Wildman–Crippen LogP) is 3.47. The van der Waals surface area contributed by atoms with Gasteiger partial charge in [-0.25, -0.2) is 8.42 Å². The van der Waals surface area contributed by atoms with Crippen molar-refractivity contribution in [3.63, 3.8) is 0 Å². The van der Waals surface area contributed by atoms with E-state index in [2.05, 4.69) is 10.2 Å². The van der Waals surface area contributed by atoms with E-state index >= 15 is 0 Å². The van der Waals surface area contributed by atoms with E-state index in [9.17, 15) is 13.2 Å². The second-order valence-corrected chi connectivity index (χ2v) is 9.75. The molecule has 0 atom stereocenters. The highest BCUT2D eigenvalue weighted by Crippen LogP contribution is 2.27. The number of para-hydroxylation sites is 1. The van der Waals surface area contributed by atoms with Crippen LogP contribution in [-0.4, -0.2) is 59.0 Å². The van der Waals surface area contributed by atoms with Crippen LogP contribution in [0.25, 0.3) is 0 Å². The van der Waals surface area contributed by atoms with Crippen LogP contribution < -0.4 is 19.7 Å². The number of ether oxygens (including phenoxy) is 2. The van der Waals surface area contributed by atoms with Crippen LogP contribution in [0.4, 0.5) is 11.4 Å². The first-order valence-electron chi connectivity index (χ1n) is 10.9. The fraction of sp³-hybridized carbons (Fsp3) is 0.240. The number of amides is 1. The maximum Gasteiger partial charge on any atom is 0.255 e. The van der Waals surface area contributed by atoms with E-state index in [1.807, 2.05) is 30.3 Å². The van der Waals surface area contributed by atoms with Crippen LogP contribution in [-0.2, 0) is 10.0 Å². The molecule has 0 bridgehead atoms. The van der Waals surface area contributed by atoms with E-state index in [4.69, 9.17) is 9.47 Å². The summed E-state index contributed by atoms with van der Waals surface area (Å²) in [6, 6.07) is 21.0. The van der Waals surface area contributed by atoms with Gasteiger partial charge in [-0.15, -0.1) is 0 Å². The highest BCUT2D eigenvalue weighted by atomic mass is 32.2. The van der Waals surface area contributed by atoms with Crippen LogP contribution in [0.15, 0.2) is 77.7 Å². The largest absolute Gasteiger partial charge is 0.497 e. The molecular formula is C25H27N3O5S. The Bertz CT molecular complexity index is 1230. The van der Waals surface area contributed by atoms with Crippen molar-refractivity contribution in [2.75, 3.05) is 50.6 Å². The summed E-state index contributed by atoms with van der Waals surface area (Å²) in [5.41, 5.74) is 1.80. The predicted molar refractivity (Wildman–Crippen MR) is 131 cm³/mol. The molecule has 34 heavy (non-hydrogen) atoms. The number of rotatable bonds is 7. The van der Waals surface area contributed by atoms with Gasteiger partial charge in [0, 0.05) is 61.3 Å². The zero-order chi connectivity index (χ0) is 24.1. The van der Waals surface area contributed by atoms with E-state index in [-0.39, 0.29) is 10.5 Å². The van der Waals surface area contributed by atoms with Gasteiger partial charge in [0.15, 0.2) is 0 Å². The third-order valence-corrected chi connectivity index (χ3v) is 7.60. The zero-order valence-electron chi connectivity index (χ0n) is 19.1. The maximum atomic E-state index is 13.3. The van der Waals surface area contributed by atoms with Gasteiger partial charge in [-0.05, 0) is 30.3 Å². The van der Waals surface area contributed by atoms with Crippen molar-refractivity contribution >= 4 is 27.3 Å². The Morgan fingerprint density at radius 3 is 2.09 bits per heavy atom. The molecule has 1 fully saturated rings. The van der Waals surface area contributed by atoms with E-state index in [1.54, 1.807) is 30.3 Å². The number of piperazine rings is 1. The lowest BCUT2D eigenvalue weighted by Crippen LogP contribution is -2.48. The van der Waals surface area contributed by atoms with E-state index in [1.165, 1.54) is 30.7 Å². The first-order chi connectivity index (χ1) is 16.4. The smallest absolute Gasteiger partial charge is 0.255 e. The molecule has 1 aliphatic heterocycles. The molecule has 8 nitrogen and oxygen atoms in total. The van der Waals surface area contributed by atoms with Gasteiger partial charge in [-0.3, -0.25) is 4.79 Å². The van der Waals surface area contributed by atoms with Crippen molar-refractivity contribution in [2.45, 2.75) is 4.90 Å². The Morgan fingerprint density at radius 2 is 1.47 bits per heavy atom. The van der Waals surface area contributed by atoms with Crippen molar-refractivity contribution in [1.29, 1.82) is 0 Å². The van der Waals surface area contributed by atoms with Crippen LogP contribution in [0.3, 0.4) is 0 Å². The molecule has 4 rings (SSSR count). The van der Waals surface area contributed by atoms with Crippen molar-refractivity contribution in [1.82, 2.24) is 4.31 Å². The van der Waals surface area contributed by atoms with Gasteiger partial charge < -0.3 is 19.7 Å². The van der Waals surface area contributed by atoms with Gasteiger partial charge >= 0.3 is 0 Å². The minimum absolute atomic E-state index is 0.0940. The highest BCUT2D eigenvalue weighted by Gasteiger charge is 2.29. The normalized spacial score (nSPS) is 14.5. The van der Waals surface area contributed by atoms with Gasteiger partial charge in [0.1, 0.15) is 11.5 Å². The van der Waals surface area contributed by atoms with Crippen LogP contribution >= 0.6 is 0 Å². The monoisotopic (exact) mass is 481 g/mol. The SMILES string of the molecule is COc1cc(NC(=O)c2cccc(S(=O)(=O)N3CCN(c4ccccc4)CC3)c2)cc(OC)c1. The number of nitrogens with zero attached hydrogens (tertiary/aromatic N) is 2. The summed E-state index contributed by atoms with van der Waals surface area (Å²) < 4.78 is 38.5. The van der Waals surface area contributed by atoms with Crippen molar-refractivity contribution in [3.05, 3.63) is 78.4 Å². The minimum atomic E-state index is -3.73. The fourth-order valence-corrected chi connectivity index (χ4v) is 5.32. The van der Waals surface area contributed by atoms with Crippen LogP contribution in [0, 0.1) is 0 Å². The molecule has 3 aromatic carbocycles. The third-order valence-electron chi connectivity index (χ3n) is 5.70. The number of carbonyl (C=O) groups is 1. The van der Waals surface area contributed by atoms with Gasteiger partial charge in [-0.1, -0.05) is 24.3 Å². The second-order valence-electron chi connectivity index (χ2n) is 7.81. The number of carbonyl (C=O) groups excluding carboxylic acids is 1. The Balaban J connectivity index is 1.48. The number of sulfonamides is 1. The first-order valence-corrected chi connectivity index (χ1v) is 12.3. The molecule has 178 valence electrons. The molecule has 1 heterocycles. The van der Waals surface area contributed by atoms with Gasteiger partial charge in [-0.2, -0.15) is 4.31 Å². The molecule has 0 radical (unpaired) electrons. The minimum Gasteiger partial charge on any atom is -0.497 e. The standard InChI is InChI=1S/C25H27N3O5S/c1-32-22-16-20(17-23(18-22)33-2)26-25(29)19-7-6-10-24(15-19)34(30,31)28-13-11-27(12-14-28)21-8-4-3-5-9-21/h3-10,15-18H,11-14H2,1-2H3,(H,26,29). The topological polar surface area (TPSA) is 88.2 Å². The summed E-state index contributed by atoms with van der Waals surface area (Å²) in [7, 11) is -0.687. The summed E-state index contributed by atoms with van der Waals surface area (Å²) in [6.07, 6.45) is 0. The zero-order valence-corrected chi connectivity index (χ0v) is 19.9. The first kappa shape index (κ1) is 23.6. The number of hydrogen-bond acceptors (Lipinski definition) is 6. The van der Waals surface area contributed by atoms with E-state index in [0.717, 1.165) is 5.69 Å². The molecule has 3 aromatic rings. The number of methoxy groups -OCH3 is 2. The van der Waals surface area contributed by atoms with Crippen molar-refractivity contribution in [3.8, 4) is 11.5 Å². The average Bonchev–Trinajstić information content (AvgIpc) is 2.89. The summed E-state index contributed by atoms with van der Waals surface area (Å²) in [6.45, 7) is 1.94. The number of nitrogens with one attached hydrogen (secondary N) is 1. The lowest BCUT2D eigenvalue weighted by Gasteiger charge is -2.35.